The molecule has 0 saturated carbocycles. The Kier molecular flexibility index (Phi) is 24.1. The molecule has 14 aliphatic heterocycles. The van der Waals surface area contributed by atoms with Crippen molar-refractivity contribution in [3.8, 4) is 92.6 Å². The number of carbonyl (C=O) groups is 5. The number of phenols is 3. The summed E-state index contributed by atoms with van der Waals surface area (Å²) >= 11 is 15.0. The predicted octanol–water partition coefficient (Wildman–Crippen LogP) is 12.1. The maximum Gasteiger partial charge on any atom is 0.514 e. The predicted molar refractivity (Wildman–Crippen MR) is 454 cm³/mol. The van der Waals surface area contributed by atoms with E-state index in [1.54, 1.807) is 45.0 Å². The van der Waals surface area contributed by atoms with Gasteiger partial charge < -0.3 is 81.6 Å². The maximum absolute atomic E-state index is 15.1. The molecule has 123 heavy (non-hydrogen) atoms. The minimum atomic E-state index is -1.47. The lowest BCUT2D eigenvalue weighted by Gasteiger charge is -2.62. The quantitative estimate of drug-likeness (QED) is 0.0264. The van der Waals surface area contributed by atoms with Gasteiger partial charge in [0.1, 0.15) is 42.4 Å². The van der Waals surface area contributed by atoms with E-state index in [0.29, 0.717) is 135 Å². The number of carbonyl (C=O) groups excluding carboxylic acids is 5. The van der Waals surface area contributed by atoms with Gasteiger partial charge in [-0.3, -0.25) is 39.8 Å². The average molecular weight is 1770 g/mol. The topological polar surface area (TPSA) is 360 Å². The number of methoxy groups -OCH3 is 4. The Morgan fingerprint density at radius 2 is 0.976 bits per heavy atom. The molecule has 0 aliphatic carbocycles. The van der Waals surface area contributed by atoms with Gasteiger partial charge in [-0.05, 0) is 157 Å². The fraction of sp³-hybridized carbons (Fsp3) is 0.517. The Labute approximate surface area is 732 Å². The van der Waals surface area contributed by atoms with Crippen LogP contribution < -0.4 is 62.7 Å². The molecule has 6 aromatic carbocycles. The molecule has 0 amide bonds. The average Bonchev–Trinajstić information content (AvgIpc) is 1.48. The highest BCUT2D eigenvalue weighted by Gasteiger charge is 2.65. The van der Waals surface area contributed by atoms with Crippen LogP contribution in [-0.2, 0) is 70.1 Å². The van der Waals surface area contributed by atoms with Gasteiger partial charge in [-0.2, -0.15) is 10.5 Å². The summed E-state index contributed by atoms with van der Waals surface area (Å²) in [6, 6.07) is 10.2. The molecule has 656 valence electrons. The molecule has 2 spiro atoms. The first kappa shape index (κ1) is 88.2. The Morgan fingerprint density at radius 3 is 1.38 bits per heavy atom. The number of nitriles is 2. The van der Waals surface area contributed by atoms with E-state index in [1.807, 2.05) is 53.9 Å². The molecule has 5 N–H and O–H groups in total. The van der Waals surface area contributed by atoms with Gasteiger partial charge in [0.25, 0.3) is 0 Å². The van der Waals surface area contributed by atoms with Crippen LogP contribution in [0.25, 0.3) is 0 Å². The summed E-state index contributed by atoms with van der Waals surface area (Å²) in [4.78, 5) is 78.4. The second kappa shape index (κ2) is 33.7. The number of aromatic hydroxyl groups is 3. The standard InChI is InChI=1S/C46H51ClN4O12S.C41H43ClN4O10S.2CH4/c1-21-13-24-14-26-27(17-48)51-28-18-58-43(54)46(25-16-29(56-7)30(15-23(25)10-12-49-46)61-44(55)63-45(3,4)5)19-64-42(36(51)35(50(26)6)32(24)37(53)38(21)57-8)34-33(28)41-40(59-20-60-41)22(2)39(34)62-31(52)9-11-47;1-18-10-21-11-23-24(14-43)46-25-15-53-40(50)41(22-13-27(51-4)26(47)12-20(22)7-9-44-41)16-57-39(33(46)32(45(23)3)29(21)34(49)35(18)52-5)31-30(25)38-37(54-17-55-38)19(2)36(31)56-28(48)6-8-42;;/h13,15-16,26-28,35-36,42,49,53H,9-12,14,18-20H2,1-8H3;10,12-13,23-25,32-33,39,44,47,49H,6-9,11,15-17H2,1-5H3;2*1H4/t26-,27-,28-,35+,36?,42+,46+;23-,24-,25-,32+,33?,39+,41+;;/m00../s1. The number of fused-ring (bicyclic) bond motifs is 18. The van der Waals surface area contributed by atoms with Crippen LogP contribution >= 0.6 is 46.7 Å². The second-order valence-corrected chi connectivity index (χ2v) is 36.4. The number of thioether (sulfide) groups is 2. The minimum absolute atomic E-state index is 0. The highest BCUT2D eigenvalue weighted by molar-refractivity contribution is 7.99. The number of halogens is 2. The number of hydrogen-bond donors (Lipinski definition) is 5. The molecule has 6 aromatic rings. The molecule has 20 rings (SSSR count). The zero-order valence-electron chi connectivity index (χ0n) is 69.1. The molecule has 4 saturated heterocycles. The number of rotatable bonds is 11. The number of phenolic OH excluding ortho intramolecular Hbond substituents is 3. The third-order valence-electron chi connectivity index (χ3n) is 26.0. The first-order valence-corrected chi connectivity index (χ1v) is 43.3. The highest BCUT2D eigenvalue weighted by atomic mass is 35.5. The zero-order valence-corrected chi connectivity index (χ0v) is 72.2. The van der Waals surface area contributed by atoms with Gasteiger partial charge in [0.2, 0.25) is 13.6 Å². The van der Waals surface area contributed by atoms with Crippen molar-refractivity contribution in [2.24, 2.45) is 0 Å². The van der Waals surface area contributed by atoms with Crippen LogP contribution in [-0.4, -0.2) is 212 Å². The van der Waals surface area contributed by atoms with E-state index in [9.17, 15) is 45.0 Å². The summed E-state index contributed by atoms with van der Waals surface area (Å²) in [6.45, 7) is 12.8. The van der Waals surface area contributed by atoms with Crippen LogP contribution in [0.3, 0.4) is 0 Å². The number of ether oxygens (including phenoxy) is 14. The van der Waals surface area contributed by atoms with Crippen molar-refractivity contribution in [1.82, 2.24) is 30.2 Å². The molecule has 2 unspecified atom stereocenters. The molecular formula is C89H102Cl2N8O22S2. The molecule has 14 heterocycles. The van der Waals surface area contributed by atoms with Crippen molar-refractivity contribution in [2.45, 2.75) is 189 Å². The van der Waals surface area contributed by atoms with Gasteiger partial charge in [-0.1, -0.05) is 27.0 Å². The van der Waals surface area contributed by atoms with Crippen molar-refractivity contribution >= 4 is 76.8 Å². The Bertz CT molecular complexity index is 5430. The minimum Gasteiger partial charge on any atom is -0.504 e. The van der Waals surface area contributed by atoms with E-state index in [0.717, 1.165) is 33.4 Å². The summed E-state index contributed by atoms with van der Waals surface area (Å²) in [5.41, 5.74) is 7.42. The highest BCUT2D eigenvalue weighted by Crippen LogP contribution is 2.68. The van der Waals surface area contributed by atoms with Crippen molar-refractivity contribution in [3.63, 3.8) is 0 Å². The summed E-state index contributed by atoms with van der Waals surface area (Å²) in [5, 5.41) is 63.3. The maximum atomic E-state index is 15.1. The number of piperazine rings is 2. The van der Waals surface area contributed by atoms with Crippen LogP contribution in [0.5, 0.6) is 80.5 Å². The smallest absolute Gasteiger partial charge is 0.504 e. The lowest BCUT2D eigenvalue weighted by molar-refractivity contribution is -0.158. The fourth-order valence-corrected chi connectivity index (χ4v) is 24.7. The first-order valence-electron chi connectivity index (χ1n) is 40.2. The number of hydrogen-bond acceptors (Lipinski definition) is 32. The summed E-state index contributed by atoms with van der Waals surface area (Å²) in [7, 11) is 9.92. The molecule has 14 aliphatic rings. The molecule has 4 fully saturated rings. The van der Waals surface area contributed by atoms with Gasteiger partial charge in [0.05, 0.1) is 88.1 Å². The van der Waals surface area contributed by atoms with E-state index in [1.165, 1.54) is 52.0 Å². The van der Waals surface area contributed by atoms with E-state index < -0.39 is 106 Å². The molecular weight excluding hydrogens is 1670 g/mol. The van der Waals surface area contributed by atoms with Crippen LogP contribution in [0.1, 0.15) is 172 Å². The number of esters is 4. The van der Waals surface area contributed by atoms with E-state index in [2.05, 4.69) is 42.4 Å². The van der Waals surface area contributed by atoms with E-state index >= 15 is 4.79 Å². The van der Waals surface area contributed by atoms with E-state index in [-0.39, 0.29) is 130 Å². The largest absolute Gasteiger partial charge is 0.514 e. The van der Waals surface area contributed by atoms with Crippen molar-refractivity contribution in [1.29, 1.82) is 10.5 Å². The molecule has 34 heteroatoms. The summed E-state index contributed by atoms with van der Waals surface area (Å²) in [5.74, 6) is 1.69. The molecule has 0 radical (unpaired) electrons. The number of benzene rings is 6. The summed E-state index contributed by atoms with van der Waals surface area (Å²) in [6.07, 6.45) is 0.959. The molecule has 30 nitrogen and oxygen atoms in total. The van der Waals surface area contributed by atoms with E-state index in [4.69, 9.17) is 89.5 Å². The third kappa shape index (κ3) is 13.9. The lowest BCUT2D eigenvalue weighted by Crippen LogP contribution is -2.69. The van der Waals surface area contributed by atoms with Crippen molar-refractivity contribution in [2.75, 3.05) is 106 Å². The third-order valence-corrected chi connectivity index (χ3v) is 29.3. The molecule has 8 bridgehead atoms. The number of aryl methyl sites for hydroxylation is 2. The number of nitrogens with one attached hydrogen (secondary N) is 2. The number of nitrogens with zero attached hydrogens (tertiary/aromatic N) is 6. The van der Waals surface area contributed by atoms with Crippen LogP contribution in [0.2, 0.25) is 0 Å². The Hall–Kier alpha value is -9.71. The van der Waals surface area contributed by atoms with Crippen molar-refractivity contribution < 1.29 is 106 Å². The SMILES string of the molecule is C.C.COc1cc2c(cc1O)CCN[C@]21CS[C@@H]2c3c(OC(=O)CCCl)c(C)c4c(c3[C@H](COC1=O)N1C2[C@H]2c3c(cc(C)c(OC)c3O)C[C@@H]([C@@H]1C#N)N2C)OCO4.COc1cc2c(cc1OC(=O)OC(C)(C)C)CCN[C@]21CS[C@@H]2c3c(OC(=O)CCCl)c(C)c4c(c3[C@H](COC1=O)N1C2[C@H]2c3c(cc(C)c(OC)c3O)C[C@@H]([C@@H]1C#N)N2C)OCO4. The Balaban J connectivity index is 0.000000189. The second-order valence-electron chi connectivity index (χ2n) is 33.4. The first-order chi connectivity index (χ1) is 58.1. The lowest BCUT2D eigenvalue weighted by atomic mass is 9.71. The monoisotopic (exact) mass is 1770 g/mol. The normalized spacial score (nSPS) is 27.0. The summed E-state index contributed by atoms with van der Waals surface area (Å²) < 4.78 is 84.2. The number of likely N-dealkylation sites (N-methyl/N-ethyl adjacent to an activating group) is 2. The fourth-order valence-electron chi connectivity index (χ4n) is 21.0. The van der Waals surface area contributed by atoms with Gasteiger partial charge >= 0.3 is 30.0 Å². The number of alkyl halides is 2. The van der Waals surface area contributed by atoms with Crippen LogP contribution in [0.4, 0.5) is 4.79 Å². The van der Waals surface area contributed by atoms with Gasteiger partial charge in [0.15, 0.2) is 80.1 Å². The van der Waals surface area contributed by atoms with Gasteiger partial charge in [-0.25, -0.2) is 14.4 Å². The van der Waals surface area contributed by atoms with Gasteiger partial charge in [0, 0.05) is 105 Å². The van der Waals surface area contributed by atoms with Gasteiger partial charge in [-0.15, -0.1) is 46.7 Å². The Morgan fingerprint density at radius 1 is 0.553 bits per heavy atom. The van der Waals surface area contributed by atoms with Crippen LogP contribution in [0, 0.1) is 50.4 Å². The molecule has 14 atom stereocenters. The van der Waals surface area contributed by atoms with Crippen molar-refractivity contribution in [3.05, 3.63) is 125 Å². The zero-order chi connectivity index (χ0) is 85.6. The molecule has 0 aromatic heterocycles. The van der Waals surface area contributed by atoms with Crippen LogP contribution in [0.15, 0.2) is 36.4 Å².